The Kier molecular flexibility index (Phi) is 1.55. The molecule has 1 aromatic carbocycles. The summed E-state index contributed by atoms with van der Waals surface area (Å²) in [5.74, 6) is 0.132. The Hall–Kier alpha value is -1.78. The van der Waals surface area contributed by atoms with Gasteiger partial charge in [-0.3, -0.25) is 0 Å². The van der Waals surface area contributed by atoms with E-state index in [1.807, 2.05) is 0 Å². The third kappa shape index (κ3) is 1.05. The molecule has 0 spiro atoms. The number of rotatable bonds is 1. The summed E-state index contributed by atoms with van der Waals surface area (Å²) in [5, 5.41) is 23.2. The molecule has 12 heavy (non-hydrogen) atoms. The molecule has 0 unspecified atom stereocenters. The quantitative estimate of drug-likeness (QED) is 0.672. The zero-order chi connectivity index (χ0) is 8.39. The first-order valence-corrected chi connectivity index (χ1v) is 3.35. The summed E-state index contributed by atoms with van der Waals surface area (Å²) < 4.78 is 0. The van der Waals surface area contributed by atoms with Gasteiger partial charge in [-0.25, -0.2) is 0 Å². The molecule has 5 nitrogen and oxygen atoms in total. The Bertz CT molecular complexity index is 335. The van der Waals surface area contributed by atoms with Gasteiger partial charge in [0.25, 0.3) is 6.17 Å². The zero-order valence-corrected chi connectivity index (χ0v) is 6.05. The number of para-hydroxylation sites is 1. The van der Waals surface area contributed by atoms with Crippen LogP contribution in [0.4, 0.5) is 0 Å². The molecule has 1 N–H and O–H groups in total. The fraction of sp³-hybridized carbons (Fsp3) is 0. The van der Waals surface area contributed by atoms with E-state index in [1.54, 1.807) is 24.3 Å². The average molecular weight is 161 g/mol. The Morgan fingerprint density at radius 2 is 1.67 bits per heavy atom. The van der Waals surface area contributed by atoms with Gasteiger partial charge in [-0.05, 0) is 16.5 Å². The summed E-state index contributed by atoms with van der Waals surface area (Å²) in [6.07, 6.45) is 0.341. The number of nitrogens with zero attached hydrogens (tertiary/aromatic N) is 4. The molecule has 0 aromatic heterocycles. The first-order valence-electron chi connectivity index (χ1n) is 3.35. The van der Waals surface area contributed by atoms with Crippen LogP contribution in [-0.4, -0.2) is 5.11 Å². The van der Waals surface area contributed by atoms with Crippen molar-refractivity contribution in [3.63, 3.8) is 0 Å². The molecule has 1 radical (unpaired) electrons. The number of hydrogen-bond acceptors (Lipinski definition) is 5. The van der Waals surface area contributed by atoms with Gasteiger partial charge < -0.3 is 5.11 Å². The minimum absolute atomic E-state index is 0.132. The van der Waals surface area contributed by atoms with Crippen LogP contribution < -0.4 is 0 Å². The molecule has 1 aliphatic heterocycles. The standard InChI is InChI=1S/C7H5N4O/c12-6-4-2-1-3-5(6)7-8-10-11-9-7/h1-4,12H. The van der Waals surface area contributed by atoms with Crippen molar-refractivity contribution in [1.82, 2.24) is 0 Å². The largest absolute Gasteiger partial charge is 0.507 e. The van der Waals surface area contributed by atoms with Crippen LogP contribution in [0.2, 0.25) is 0 Å². The predicted molar refractivity (Wildman–Crippen MR) is 40.2 cm³/mol. The molecule has 0 fully saturated rings. The molecule has 0 amide bonds. The second-order valence-electron chi connectivity index (χ2n) is 2.22. The summed E-state index contributed by atoms with van der Waals surface area (Å²) in [6, 6.07) is 6.77. The number of benzene rings is 1. The monoisotopic (exact) mass is 161 g/mol. The van der Waals surface area contributed by atoms with E-state index in [9.17, 15) is 5.11 Å². The van der Waals surface area contributed by atoms with Gasteiger partial charge in [-0.15, -0.1) is 10.2 Å². The highest BCUT2D eigenvalue weighted by Gasteiger charge is 2.17. The van der Waals surface area contributed by atoms with Gasteiger partial charge in [0.1, 0.15) is 5.75 Å². The van der Waals surface area contributed by atoms with E-state index in [2.05, 4.69) is 20.7 Å². The summed E-state index contributed by atoms with van der Waals surface area (Å²) >= 11 is 0. The molecule has 1 aromatic rings. The molecule has 0 saturated carbocycles. The van der Waals surface area contributed by atoms with Crippen LogP contribution in [0.15, 0.2) is 44.9 Å². The molecule has 5 heteroatoms. The fourth-order valence-corrected chi connectivity index (χ4v) is 0.915. The van der Waals surface area contributed by atoms with E-state index >= 15 is 0 Å². The highest BCUT2D eigenvalue weighted by molar-refractivity contribution is 5.41. The Morgan fingerprint density at radius 3 is 2.33 bits per heavy atom. The smallest absolute Gasteiger partial charge is 0.276 e. The summed E-state index contributed by atoms with van der Waals surface area (Å²) in [4.78, 5) is 0. The maximum absolute atomic E-state index is 9.35. The molecule has 1 aliphatic rings. The first-order chi connectivity index (χ1) is 5.88. The number of phenols is 1. The van der Waals surface area contributed by atoms with Gasteiger partial charge in [-0.1, -0.05) is 18.2 Å². The van der Waals surface area contributed by atoms with Crippen molar-refractivity contribution in [2.75, 3.05) is 0 Å². The van der Waals surface area contributed by atoms with Gasteiger partial charge in [0.05, 0.1) is 5.56 Å². The zero-order valence-electron chi connectivity index (χ0n) is 6.05. The van der Waals surface area contributed by atoms with Crippen LogP contribution >= 0.6 is 0 Å². The molecule has 0 atom stereocenters. The number of phenolic OH excluding ortho intramolecular Hbond substituents is 1. The van der Waals surface area contributed by atoms with Crippen molar-refractivity contribution in [2.24, 2.45) is 20.7 Å². The Balaban J connectivity index is 2.39. The Morgan fingerprint density at radius 1 is 1.00 bits per heavy atom. The van der Waals surface area contributed by atoms with Gasteiger partial charge in [-0.2, -0.15) is 0 Å². The second kappa shape index (κ2) is 2.69. The van der Waals surface area contributed by atoms with Gasteiger partial charge >= 0.3 is 0 Å². The summed E-state index contributed by atoms with van der Waals surface area (Å²) in [6.45, 7) is 0. The van der Waals surface area contributed by atoms with Crippen LogP contribution in [0, 0.1) is 6.17 Å². The normalized spacial score (nSPS) is 15.7. The fourth-order valence-electron chi connectivity index (χ4n) is 0.915. The van der Waals surface area contributed by atoms with E-state index in [0.29, 0.717) is 11.7 Å². The van der Waals surface area contributed by atoms with E-state index in [0.717, 1.165) is 0 Å². The van der Waals surface area contributed by atoms with E-state index in [4.69, 9.17) is 0 Å². The molecule has 0 bridgehead atoms. The lowest BCUT2D eigenvalue weighted by Gasteiger charge is -2.01. The number of hydrogen-bond donors (Lipinski definition) is 1. The molecule has 1 heterocycles. The van der Waals surface area contributed by atoms with Crippen LogP contribution in [0.5, 0.6) is 5.75 Å². The van der Waals surface area contributed by atoms with Gasteiger partial charge in [0.2, 0.25) is 0 Å². The topological polar surface area (TPSA) is 69.7 Å². The van der Waals surface area contributed by atoms with E-state index in [1.165, 1.54) is 0 Å². The lowest BCUT2D eigenvalue weighted by molar-refractivity contribution is 0.470. The summed E-state index contributed by atoms with van der Waals surface area (Å²) in [5.41, 5.74) is 0.544. The first kappa shape index (κ1) is 6.90. The minimum atomic E-state index is 0.132. The van der Waals surface area contributed by atoms with E-state index < -0.39 is 0 Å². The van der Waals surface area contributed by atoms with Crippen molar-refractivity contribution in [2.45, 2.75) is 0 Å². The van der Waals surface area contributed by atoms with Crippen molar-refractivity contribution in [3.8, 4) is 5.75 Å². The molecule has 0 aliphatic carbocycles. The maximum Gasteiger partial charge on any atom is 0.276 e. The van der Waals surface area contributed by atoms with Crippen molar-refractivity contribution in [1.29, 1.82) is 0 Å². The SMILES string of the molecule is Oc1ccccc1[C]1N=NN=N1. The van der Waals surface area contributed by atoms with Crippen molar-refractivity contribution < 1.29 is 5.11 Å². The maximum atomic E-state index is 9.35. The highest BCUT2D eigenvalue weighted by Crippen LogP contribution is 2.29. The van der Waals surface area contributed by atoms with Crippen LogP contribution in [0.25, 0.3) is 0 Å². The Labute approximate surface area is 68.4 Å². The number of aromatic hydroxyl groups is 1. The molecule has 0 saturated heterocycles. The van der Waals surface area contributed by atoms with Crippen molar-refractivity contribution >= 4 is 0 Å². The van der Waals surface area contributed by atoms with Crippen LogP contribution in [0.1, 0.15) is 5.56 Å². The average Bonchev–Trinajstić information content (AvgIpc) is 2.57. The van der Waals surface area contributed by atoms with Crippen molar-refractivity contribution in [3.05, 3.63) is 36.0 Å². The highest BCUT2D eigenvalue weighted by atomic mass is 16.3. The predicted octanol–water partition coefficient (Wildman–Crippen LogP) is 2.06. The second-order valence-corrected chi connectivity index (χ2v) is 2.22. The third-order valence-electron chi connectivity index (χ3n) is 1.46. The lowest BCUT2D eigenvalue weighted by atomic mass is 10.1. The van der Waals surface area contributed by atoms with Crippen LogP contribution in [0.3, 0.4) is 0 Å². The van der Waals surface area contributed by atoms with Crippen LogP contribution in [-0.2, 0) is 0 Å². The molecular formula is C7H5N4O. The van der Waals surface area contributed by atoms with Gasteiger partial charge in [0, 0.05) is 0 Å². The third-order valence-corrected chi connectivity index (χ3v) is 1.46. The lowest BCUT2D eigenvalue weighted by Crippen LogP contribution is -1.88. The van der Waals surface area contributed by atoms with Gasteiger partial charge in [0.15, 0.2) is 0 Å². The minimum Gasteiger partial charge on any atom is -0.507 e. The molecular weight excluding hydrogens is 156 g/mol. The molecule has 2 rings (SSSR count). The summed E-state index contributed by atoms with van der Waals surface area (Å²) in [7, 11) is 0. The van der Waals surface area contributed by atoms with E-state index in [-0.39, 0.29) is 5.75 Å². The molecule has 59 valence electrons.